The lowest BCUT2D eigenvalue weighted by atomic mass is 9.85. The number of hydrogen-bond donors (Lipinski definition) is 0. The maximum Gasteiger partial charge on any atom is 0.162 e. The van der Waals surface area contributed by atoms with Crippen molar-refractivity contribution in [2.45, 2.75) is 5.92 Å². The summed E-state index contributed by atoms with van der Waals surface area (Å²) >= 11 is 5.62. The zero-order valence-electron chi connectivity index (χ0n) is 13.5. The number of benzene rings is 3. The molecule has 0 heterocycles. The van der Waals surface area contributed by atoms with Gasteiger partial charge in [-0.1, -0.05) is 66.2 Å². The maximum absolute atomic E-state index is 5.62. The molecule has 122 valence electrons. The summed E-state index contributed by atoms with van der Waals surface area (Å²) in [5.41, 5.74) is 3.66. The normalized spacial score (nSPS) is 11.8. The predicted octanol–water partition coefficient (Wildman–Crippen LogP) is 5.45. The van der Waals surface area contributed by atoms with Crippen LogP contribution in [-0.2, 0) is 0 Å². The number of hydrogen-bond acceptors (Lipinski definition) is 2. The number of alkyl halides is 1. The lowest BCUT2D eigenvalue weighted by Crippen LogP contribution is -2.03. The van der Waals surface area contributed by atoms with E-state index in [-0.39, 0.29) is 12.0 Å². The van der Waals surface area contributed by atoms with E-state index in [9.17, 15) is 0 Å². The van der Waals surface area contributed by atoms with Gasteiger partial charge in [-0.3, -0.25) is 0 Å². The van der Waals surface area contributed by atoms with Crippen molar-refractivity contribution < 1.29 is 9.47 Å². The molecule has 3 aromatic carbocycles. The molecule has 0 aliphatic rings. The molecular weight excluding hydrogens is 320 g/mol. The van der Waals surface area contributed by atoms with E-state index in [1.54, 1.807) is 7.11 Å². The van der Waals surface area contributed by atoms with Gasteiger partial charge >= 0.3 is 0 Å². The first kappa shape index (κ1) is 16.4. The fraction of sp³-hybridized carbons (Fsp3) is 0.143. The molecule has 1 unspecified atom stereocenters. The van der Waals surface area contributed by atoms with Crippen molar-refractivity contribution in [2.24, 2.45) is 0 Å². The molecule has 3 rings (SSSR count). The van der Waals surface area contributed by atoms with Crippen LogP contribution in [0.1, 0.15) is 22.6 Å². The Morgan fingerprint density at radius 1 is 0.708 bits per heavy atom. The van der Waals surface area contributed by atoms with Crippen LogP contribution in [0.5, 0.6) is 11.5 Å². The van der Waals surface area contributed by atoms with Gasteiger partial charge in [0.2, 0.25) is 0 Å². The van der Waals surface area contributed by atoms with Gasteiger partial charge in [-0.15, -0.1) is 0 Å². The topological polar surface area (TPSA) is 18.5 Å². The summed E-state index contributed by atoms with van der Waals surface area (Å²) in [6.45, 7) is 0. The van der Waals surface area contributed by atoms with Crippen molar-refractivity contribution in [3.8, 4) is 11.5 Å². The second-order valence-electron chi connectivity index (χ2n) is 5.44. The van der Waals surface area contributed by atoms with Crippen molar-refractivity contribution in [2.75, 3.05) is 13.2 Å². The molecule has 1 atom stereocenters. The Bertz CT molecular complexity index is 752. The summed E-state index contributed by atoms with van der Waals surface area (Å²) < 4.78 is 10.6. The largest absolute Gasteiger partial charge is 0.497 e. The van der Waals surface area contributed by atoms with Crippen molar-refractivity contribution in [1.82, 2.24) is 0 Å². The number of rotatable bonds is 6. The molecule has 0 aliphatic heterocycles. The van der Waals surface area contributed by atoms with Gasteiger partial charge in [-0.05, 0) is 41.0 Å². The first-order valence-electron chi connectivity index (χ1n) is 7.79. The standard InChI is InChI=1S/C21H19ClO2/c1-23-19-11-7-17(8-12-19)21(16-5-3-2-4-6-16)18-9-13-20(14-10-18)24-15-22/h2-14,21H,15H2,1H3. The van der Waals surface area contributed by atoms with E-state index >= 15 is 0 Å². The van der Waals surface area contributed by atoms with Crippen molar-refractivity contribution in [1.29, 1.82) is 0 Å². The van der Waals surface area contributed by atoms with Crippen LogP contribution in [0.25, 0.3) is 0 Å². The minimum atomic E-state index is 0.153. The molecule has 0 radical (unpaired) electrons. The van der Waals surface area contributed by atoms with Crippen molar-refractivity contribution >= 4 is 11.6 Å². The molecule has 3 aromatic rings. The molecule has 0 bridgehead atoms. The minimum Gasteiger partial charge on any atom is -0.497 e. The summed E-state index contributed by atoms with van der Waals surface area (Å²) in [5, 5.41) is 0. The van der Waals surface area contributed by atoms with E-state index in [1.165, 1.54) is 16.7 Å². The maximum atomic E-state index is 5.62. The van der Waals surface area contributed by atoms with Crippen LogP contribution < -0.4 is 9.47 Å². The van der Waals surface area contributed by atoms with E-state index in [4.69, 9.17) is 21.1 Å². The zero-order chi connectivity index (χ0) is 16.8. The highest BCUT2D eigenvalue weighted by atomic mass is 35.5. The Hall–Kier alpha value is -2.45. The second kappa shape index (κ2) is 7.89. The molecule has 0 N–H and O–H groups in total. The quantitative estimate of drug-likeness (QED) is 0.439. The molecule has 0 amide bonds. The molecule has 0 saturated carbocycles. The highest BCUT2D eigenvalue weighted by Gasteiger charge is 2.16. The average Bonchev–Trinajstić information content (AvgIpc) is 2.65. The third-order valence-electron chi connectivity index (χ3n) is 4.02. The zero-order valence-corrected chi connectivity index (χ0v) is 14.2. The van der Waals surface area contributed by atoms with Crippen LogP contribution >= 0.6 is 11.6 Å². The molecular formula is C21H19ClO2. The lowest BCUT2D eigenvalue weighted by Gasteiger charge is -2.19. The third-order valence-corrected chi connectivity index (χ3v) is 4.13. The highest BCUT2D eigenvalue weighted by Crippen LogP contribution is 2.33. The van der Waals surface area contributed by atoms with Gasteiger partial charge in [0.05, 0.1) is 7.11 Å². The Morgan fingerprint density at radius 2 is 1.21 bits per heavy atom. The van der Waals surface area contributed by atoms with E-state index in [1.807, 2.05) is 30.3 Å². The Kier molecular flexibility index (Phi) is 5.39. The molecule has 0 spiro atoms. The Balaban J connectivity index is 2.01. The van der Waals surface area contributed by atoms with E-state index in [0.29, 0.717) is 0 Å². The predicted molar refractivity (Wildman–Crippen MR) is 98.2 cm³/mol. The summed E-state index contributed by atoms with van der Waals surface area (Å²) in [7, 11) is 1.68. The third kappa shape index (κ3) is 3.72. The van der Waals surface area contributed by atoms with Gasteiger partial charge in [0, 0.05) is 5.92 Å². The molecule has 0 aromatic heterocycles. The van der Waals surface area contributed by atoms with Crippen LogP contribution in [0, 0.1) is 0 Å². The summed E-state index contributed by atoms with van der Waals surface area (Å²) in [6, 6.07) is 26.9. The van der Waals surface area contributed by atoms with Crippen LogP contribution in [0.3, 0.4) is 0 Å². The van der Waals surface area contributed by atoms with Crippen LogP contribution in [0.4, 0.5) is 0 Å². The monoisotopic (exact) mass is 338 g/mol. The molecule has 3 heteroatoms. The van der Waals surface area contributed by atoms with Crippen molar-refractivity contribution in [3.63, 3.8) is 0 Å². The fourth-order valence-electron chi connectivity index (χ4n) is 2.84. The van der Waals surface area contributed by atoms with Gasteiger partial charge < -0.3 is 9.47 Å². The Morgan fingerprint density at radius 3 is 1.71 bits per heavy atom. The minimum absolute atomic E-state index is 0.153. The first-order valence-corrected chi connectivity index (χ1v) is 8.33. The summed E-state index contributed by atoms with van der Waals surface area (Å²) in [4.78, 5) is 0. The van der Waals surface area contributed by atoms with Crippen LogP contribution in [-0.4, -0.2) is 13.2 Å². The molecule has 0 aliphatic carbocycles. The molecule has 24 heavy (non-hydrogen) atoms. The van der Waals surface area contributed by atoms with Crippen molar-refractivity contribution in [3.05, 3.63) is 95.6 Å². The van der Waals surface area contributed by atoms with Gasteiger partial charge in [0.15, 0.2) is 6.07 Å². The number of halogens is 1. The van der Waals surface area contributed by atoms with Gasteiger partial charge in [-0.25, -0.2) is 0 Å². The van der Waals surface area contributed by atoms with E-state index in [0.717, 1.165) is 11.5 Å². The highest BCUT2D eigenvalue weighted by molar-refractivity contribution is 6.17. The molecule has 0 fully saturated rings. The number of ether oxygens (including phenoxy) is 2. The van der Waals surface area contributed by atoms with Gasteiger partial charge in [0.25, 0.3) is 0 Å². The fourth-order valence-corrected chi connectivity index (χ4v) is 2.96. The van der Waals surface area contributed by atoms with Crippen LogP contribution in [0.2, 0.25) is 0 Å². The molecule has 2 nitrogen and oxygen atoms in total. The summed E-state index contributed by atoms with van der Waals surface area (Å²) in [6.07, 6.45) is 0. The average molecular weight is 339 g/mol. The lowest BCUT2D eigenvalue weighted by molar-refractivity contribution is 0.388. The van der Waals surface area contributed by atoms with E-state index in [2.05, 4.69) is 48.5 Å². The Labute approximate surface area is 147 Å². The second-order valence-corrected chi connectivity index (χ2v) is 5.66. The number of methoxy groups -OCH3 is 1. The van der Waals surface area contributed by atoms with Gasteiger partial charge in [-0.2, -0.15) is 0 Å². The SMILES string of the molecule is COc1ccc(C(c2ccccc2)c2ccc(OCCl)cc2)cc1. The van der Waals surface area contributed by atoms with E-state index < -0.39 is 0 Å². The smallest absolute Gasteiger partial charge is 0.162 e. The summed E-state index contributed by atoms with van der Waals surface area (Å²) in [5.74, 6) is 1.79. The van der Waals surface area contributed by atoms with Gasteiger partial charge in [0.1, 0.15) is 11.5 Å². The molecule has 0 saturated heterocycles. The first-order chi connectivity index (χ1) is 11.8. The van der Waals surface area contributed by atoms with Crippen LogP contribution in [0.15, 0.2) is 78.9 Å².